The van der Waals surface area contributed by atoms with Gasteiger partial charge >= 0.3 is 0 Å². The van der Waals surface area contributed by atoms with Crippen molar-refractivity contribution >= 4 is 48.5 Å². The third-order valence-electron chi connectivity index (χ3n) is 3.61. The number of sulfonamides is 1. The van der Waals surface area contributed by atoms with Crippen LogP contribution in [0.4, 0.5) is 5.69 Å². The van der Waals surface area contributed by atoms with Gasteiger partial charge in [0.25, 0.3) is 0 Å². The van der Waals surface area contributed by atoms with Crippen molar-refractivity contribution in [2.45, 2.75) is 4.90 Å². The molecule has 3 rings (SSSR count). The number of benzene rings is 2. The fourth-order valence-electron chi connectivity index (χ4n) is 2.29. The lowest BCUT2D eigenvalue weighted by atomic mass is 10.2. The molecule has 0 aliphatic carbocycles. The molecule has 0 aliphatic heterocycles. The highest BCUT2D eigenvalue weighted by Crippen LogP contribution is 2.19. The number of nitrogens with zero attached hydrogens (tertiary/aromatic N) is 2. The van der Waals surface area contributed by atoms with E-state index in [1.165, 1.54) is 19.2 Å². The minimum atomic E-state index is -3.73. The Morgan fingerprint density at radius 1 is 1.24 bits per heavy atom. The molecule has 0 atom stereocenters. The Balaban J connectivity index is 1.69. The van der Waals surface area contributed by atoms with Crippen LogP contribution < -0.4 is 5.32 Å². The Morgan fingerprint density at radius 3 is 2.68 bits per heavy atom. The van der Waals surface area contributed by atoms with Gasteiger partial charge in [-0.2, -0.15) is 9.40 Å². The van der Waals surface area contributed by atoms with Crippen LogP contribution in [0.5, 0.6) is 0 Å². The Morgan fingerprint density at radius 2 is 1.96 bits per heavy atom. The number of hydrogen-bond acceptors (Lipinski definition) is 4. The van der Waals surface area contributed by atoms with Crippen LogP contribution in [0.3, 0.4) is 0 Å². The first-order chi connectivity index (χ1) is 11.9. The zero-order valence-corrected chi connectivity index (χ0v) is 15.6. The summed E-state index contributed by atoms with van der Waals surface area (Å²) in [5.41, 5.74) is 1.43. The number of amides is 1. The minimum absolute atomic E-state index is 0.130. The zero-order valence-electron chi connectivity index (χ0n) is 13.2. The van der Waals surface area contributed by atoms with Crippen molar-refractivity contribution in [1.82, 2.24) is 14.5 Å². The normalized spacial score (nSPS) is 11.8. The van der Waals surface area contributed by atoms with Crippen molar-refractivity contribution in [3.63, 3.8) is 0 Å². The number of halogens is 1. The molecule has 0 aliphatic rings. The molecule has 0 spiro atoms. The molecular weight excluding hydrogens is 408 g/mol. The average Bonchev–Trinajstić information content (AvgIpc) is 3.02. The molecule has 0 saturated heterocycles. The minimum Gasteiger partial charge on any atom is -0.325 e. The van der Waals surface area contributed by atoms with E-state index < -0.39 is 15.9 Å². The molecule has 2 N–H and O–H groups in total. The van der Waals surface area contributed by atoms with Gasteiger partial charge in [-0.25, -0.2) is 8.42 Å². The number of aromatic amines is 1. The Kier molecular flexibility index (Phi) is 4.89. The van der Waals surface area contributed by atoms with Crippen molar-refractivity contribution < 1.29 is 13.2 Å². The van der Waals surface area contributed by atoms with E-state index in [-0.39, 0.29) is 11.4 Å². The van der Waals surface area contributed by atoms with Gasteiger partial charge in [-0.3, -0.25) is 9.89 Å². The van der Waals surface area contributed by atoms with Gasteiger partial charge in [0.1, 0.15) is 0 Å². The summed E-state index contributed by atoms with van der Waals surface area (Å²) in [5.74, 6) is -0.425. The highest BCUT2D eigenvalue weighted by molar-refractivity contribution is 9.10. The van der Waals surface area contributed by atoms with Crippen LogP contribution in [0.25, 0.3) is 10.9 Å². The van der Waals surface area contributed by atoms with Crippen molar-refractivity contribution in [3.8, 4) is 0 Å². The van der Waals surface area contributed by atoms with E-state index in [9.17, 15) is 13.2 Å². The number of H-pyrrole nitrogens is 1. The van der Waals surface area contributed by atoms with E-state index in [2.05, 4.69) is 31.4 Å². The Bertz CT molecular complexity index is 1020. The fraction of sp³-hybridized carbons (Fsp3) is 0.125. The molecule has 25 heavy (non-hydrogen) atoms. The van der Waals surface area contributed by atoms with Crippen LogP contribution in [0, 0.1) is 0 Å². The van der Waals surface area contributed by atoms with Crippen LogP contribution in [0.2, 0.25) is 0 Å². The zero-order chi connectivity index (χ0) is 18.0. The largest absolute Gasteiger partial charge is 0.325 e. The number of anilines is 1. The smallest absolute Gasteiger partial charge is 0.243 e. The van der Waals surface area contributed by atoms with E-state index in [0.29, 0.717) is 5.69 Å². The number of aromatic nitrogens is 2. The quantitative estimate of drug-likeness (QED) is 0.660. The first-order valence-electron chi connectivity index (χ1n) is 7.31. The van der Waals surface area contributed by atoms with E-state index in [0.717, 1.165) is 19.7 Å². The Hall–Kier alpha value is -2.23. The second-order valence-corrected chi connectivity index (χ2v) is 8.40. The maximum Gasteiger partial charge on any atom is 0.243 e. The molecule has 1 aromatic heterocycles. The molecule has 2 aromatic carbocycles. The number of likely N-dealkylation sites (N-methyl/N-ethyl adjacent to an activating group) is 1. The first-order valence-corrected chi connectivity index (χ1v) is 9.54. The van der Waals surface area contributed by atoms with E-state index in [1.807, 2.05) is 0 Å². The van der Waals surface area contributed by atoms with Crippen LogP contribution in [-0.4, -0.2) is 42.4 Å². The predicted molar refractivity (Wildman–Crippen MR) is 98.7 cm³/mol. The molecule has 0 bridgehead atoms. The van der Waals surface area contributed by atoms with Gasteiger partial charge < -0.3 is 5.32 Å². The maximum absolute atomic E-state index is 12.5. The van der Waals surface area contributed by atoms with Crippen LogP contribution in [-0.2, 0) is 14.8 Å². The van der Waals surface area contributed by atoms with Gasteiger partial charge in [0.05, 0.1) is 23.2 Å². The summed E-state index contributed by atoms with van der Waals surface area (Å²) in [5, 5.41) is 10.3. The fourth-order valence-corrected chi connectivity index (χ4v) is 3.69. The second-order valence-electron chi connectivity index (χ2n) is 5.44. The summed E-state index contributed by atoms with van der Waals surface area (Å²) in [7, 11) is -2.36. The number of rotatable bonds is 5. The lowest BCUT2D eigenvalue weighted by Crippen LogP contribution is -2.34. The summed E-state index contributed by atoms with van der Waals surface area (Å²) >= 11 is 3.26. The number of carbonyl (C=O) groups excluding carboxylic acids is 1. The van der Waals surface area contributed by atoms with Crippen molar-refractivity contribution in [1.29, 1.82) is 0 Å². The van der Waals surface area contributed by atoms with Crippen molar-refractivity contribution in [2.24, 2.45) is 0 Å². The summed E-state index contributed by atoms with van der Waals surface area (Å²) in [6.45, 7) is -0.290. The third-order valence-corrected chi connectivity index (χ3v) is 5.96. The summed E-state index contributed by atoms with van der Waals surface area (Å²) < 4.78 is 26.8. The van der Waals surface area contributed by atoms with Gasteiger partial charge in [-0.1, -0.05) is 15.9 Å². The van der Waals surface area contributed by atoms with E-state index in [4.69, 9.17) is 0 Å². The van der Waals surface area contributed by atoms with Gasteiger partial charge in [0.15, 0.2) is 0 Å². The summed E-state index contributed by atoms with van der Waals surface area (Å²) in [6, 6.07) is 11.5. The predicted octanol–water partition coefficient (Wildman–Crippen LogP) is 2.58. The van der Waals surface area contributed by atoms with Crippen molar-refractivity contribution in [2.75, 3.05) is 18.9 Å². The second kappa shape index (κ2) is 6.95. The van der Waals surface area contributed by atoms with E-state index >= 15 is 0 Å². The molecule has 9 heteroatoms. The molecule has 3 aromatic rings. The highest BCUT2D eigenvalue weighted by atomic mass is 79.9. The van der Waals surface area contributed by atoms with Crippen molar-refractivity contribution in [3.05, 3.63) is 53.1 Å². The van der Waals surface area contributed by atoms with Gasteiger partial charge in [-0.05, 0) is 42.5 Å². The molecule has 7 nitrogen and oxygen atoms in total. The topological polar surface area (TPSA) is 95.2 Å². The Labute approximate surface area is 153 Å². The number of fused-ring (bicyclic) bond motifs is 1. The molecule has 1 heterocycles. The lowest BCUT2D eigenvalue weighted by Gasteiger charge is -2.17. The molecule has 0 fully saturated rings. The molecule has 0 saturated carbocycles. The first kappa shape index (κ1) is 17.6. The molecule has 0 radical (unpaired) electrons. The van der Waals surface area contributed by atoms with Gasteiger partial charge in [0.2, 0.25) is 15.9 Å². The summed E-state index contributed by atoms with van der Waals surface area (Å²) in [4.78, 5) is 12.3. The highest BCUT2D eigenvalue weighted by Gasteiger charge is 2.22. The molecule has 1 amide bonds. The third kappa shape index (κ3) is 3.89. The maximum atomic E-state index is 12.5. The van der Waals surface area contributed by atoms with E-state index in [1.54, 1.807) is 36.5 Å². The van der Waals surface area contributed by atoms with Gasteiger partial charge in [0, 0.05) is 22.6 Å². The summed E-state index contributed by atoms with van der Waals surface area (Å²) in [6.07, 6.45) is 1.65. The van der Waals surface area contributed by atoms with Crippen LogP contribution in [0.1, 0.15) is 0 Å². The molecule has 130 valence electrons. The molecular formula is C16H15BrN4O3S. The van der Waals surface area contributed by atoms with Crippen LogP contribution in [0.15, 0.2) is 58.0 Å². The molecule has 0 unspecified atom stereocenters. The van der Waals surface area contributed by atoms with Crippen LogP contribution >= 0.6 is 15.9 Å². The average molecular weight is 423 g/mol. The van der Waals surface area contributed by atoms with Gasteiger partial charge in [-0.15, -0.1) is 0 Å². The SMILES string of the molecule is CN(CC(=O)Nc1ccc2[nH]ncc2c1)S(=O)(=O)c1ccc(Br)cc1. The lowest BCUT2D eigenvalue weighted by molar-refractivity contribution is -0.116. The number of carbonyl (C=O) groups is 1. The number of hydrogen-bond donors (Lipinski definition) is 2. The number of nitrogens with one attached hydrogen (secondary N) is 2. The monoisotopic (exact) mass is 422 g/mol. The standard InChI is InChI=1S/C16H15BrN4O3S/c1-21(25(23,24)14-5-2-12(17)3-6-14)10-16(22)19-13-4-7-15-11(8-13)9-18-20-15/h2-9H,10H2,1H3,(H,18,20)(H,19,22).